The van der Waals surface area contributed by atoms with E-state index in [0.717, 1.165) is 17.9 Å². The molecule has 27 heavy (non-hydrogen) atoms. The molecule has 0 fully saturated rings. The second kappa shape index (κ2) is 9.77. The number of alkyl halides is 4. The first-order chi connectivity index (χ1) is 12.7. The maximum atomic E-state index is 5.89. The lowest BCUT2D eigenvalue weighted by Crippen LogP contribution is -2.16. The molecule has 0 saturated carbocycles. The van der Waals surface area contributed by atoms with Crippen molar-refractivity contribution in [1.29, 1.82) is 0 Å². The number of ether oxygens (including phenoxy) is 2. The Labute approximate surface area is 194 Å². The number of halogens is 4. The molecular weight excluding hydrogens is 604 g/mol. The molecule has 0 aliphatic rings. The third-order valence-electron chi connectivity index (χ3n) is 3.91. The summed E-state index contributed by atoms with van der Waals surface area (Å²) in [7, 11) is 0. The zero-order valence-electron chi connectivity index (χ0n) is 14.8. The third kappa shape index (κ3) is 6.77. The van der Waals surface area contributed by atoms with Gasteiger partial charge in [-0.3, -0.25) is 0 Å². The second-order valence-corrected chi connectivity index (χ2v) is 12.7. The zero-order valence-corrected chi connectivity index (χ0v) is 21.1. The molecule has 0 unspecified atom stereocenters. The molecule has 0 saturated heterocycles. The third-order valence-corrected chi connectivity index (χ3v) is 5.85. The van der Waals surface area contributed by atoms with Gasteiger partial charge >= 0.3 is 0 Å². The van der Waals surface area contributed by atoms with Crippen LogP contribution in [0.3, 0.4) is 0 Å². The fourth-order valence-corrected chi connectivity index (χ4v) is 3.40. The first-order valence-electron chi connectivity index (χ1n) is 8.30. The van der Waals surface area contributed by atoms with E-state index in [1.54, 1.807) is 12.2 Å². The van der Waals surface area contributed by atoms with Gasteiger partial charge in [-0.05, 0) is 118 Å². The molecule has 2 nitrogen and oxygen atoms in total. The van der Waals surface area contributed by atoms with Crippen LogP contribution in [0.1, 0.15) is 30.4 Å². The molecule has 0 amide bonds. The topological polar surface area (TPSA) is 18.5 Å². The monoisotopic (exact) mass is 620 g/mol. The van der Waals surface area contributed by atoms with E-state index in [0.29, 0.717) is 0 Å². The average Bonchev–Trinajstić information content (AvgIpc) is 2.62. The van der Waals surface area contributed by atoms with Crippen LogP contribution < -0.4 is 9.47 Å². The van der Waals surface area contributed by atoms with Gasteiger partial charge in [0.05, 0.1) is 0 Å². The van der Waals surface area contributed by atoms with Crippen molar-refractivity contribution in [2.45, 2.75) is 26.1 Å². The summed E-state index contributed by atoms with van der Waals surface area (Å²) in [6.07, 6.45) is 4.23. The molecule has 0 aliphatic carbocycles. The van der Waals surface area contributed by atoms with Crippen molar-refractivity contribution in [3.8, 4) is 11.5 Å². The van der Waals surface area contributed by atoms with Crippen LogP contribution in [-0.4, -0.2) is 6.84 Å². The highest BCUT2D eigenvalue weighted by Crippen LogP contribution is 2.37. The van der Waals surface area contributed by atoms with Crippen molar-refractivity contribution < 1.29 is 9.47 Å². The molecule has 2 rings (SSSR count). The lowest BCUT2D eigenvalue weighted by Gasteiger charge is -2.22. The van der Waals surface area contributed by atoms with E-state index in [4.69, 9.17) is 9.47 Å². The normalized spacial score (nSPS) is 11.9. The Morgan fingerprint density at radius 3 is 1.59 bits per heavy atom. The van der Waals surface area contributed by atoms with Crippen LogP contribution in [-0.2, 0) is 0 Å². The van der Waals surface area contributed by atoms with E-state index in [9.17, 15) is 0 Å². The maximum absolute atomic E-state index is 5.89. The summed E-state index contributed by atoms with van der Waals surface area (Å²) >= 11 is 13.7. The van der Waals surface area contributed by atoms with E-state index < -0.39 is 6.84 Å². The molecular formula is C21H20Br4O2. The van der Waals surface area contributed by atoms with Gasteiger partial charge in [0.15, 0.2) is 0 Å². The quantitative estimate of drug-likeness (QED) is 0.207. The van der Waals surface area contributed by atoms with Gasteiger partial charge < -0.3 is 9.47 Å². The maximum Gasteiger partial charge on any atom is 0.236 e. The van der Waals surface area contributed by atoms with Crippen molar-refractivity contribution in [2.75, 3.05) is 0 Å². The van der Waals surface area contributed by atoms with Gasteiger partial charge in [-0.2, -0.15) is 0 Å². The number of benzene rings is 2. The second-order valence-electron chi connectivity index (χ2n) is 5.84. The summed E-state index contributed by atoms with van der Waals surface area (Å²) < 4.78 is 10.2. The van der Waals surface area contributed by atoms with Crippen LogP contribution in [0.2, 0.25) is 0 Å². The summed E-state index contributed by atoms with van der Waals surface area (Å²) in [5, 5.41) is 0. The predicted molar refractivity (Wildman–Crippen MR) is 128 cm³/mol. The fraction of sp³-hybridized carbons (Fsp3) is 0.238. The zero-order chi connectivity index (χ0) is 20.1. The van der Waals surface area contributed by atoms with E-state index in [1.807, 2.05) is 36.4 Å². The Hall–Kier alpha value is -0.560. The number of rotatable bonds is 9. The van der Waals surface area contributed by atoms with E-state index in [-0.39, 0.29) is 5.92 Å². The molecule has 0 N–H and O–H groups in total. The Morgan fingerprint density at radius 1 is 0.852 bits per heavy atom. The Bertz CT molecular complexity index is 737. The van der Waals surface area contributed by atoms with Gasteiger partial charge in [-0.15, -0.1) is 0 Å². The van der Waals surface area contributed by atoms with E-state index in [1.165, 1.54) is 11.1 Å². The molecule has 2 aromatic rings. The summed E-state index contributed by atoms with van der Waals surface area (Å²) in [4.78, 5) is 0. The van der Waals surface area contributed by atoms with Crippen LogP contribution in [0.5, 0.6) is 11.5 Å². The standard InChI is InChI=1S/C21H20Br4O2/c1-4-19(15-9-7-11-17(13-15)26-20(22,23)5-2)16-10-8-12-18(14-16)27-21(24,25)6-3/h5-14,19H,2-4H2,1H3. The molecule has 0 radical (unpaired) electrons. The minimum Gasteiger partial charge on any atom is -0.463 e. The number of hydrogen-bond donors (Lipinski definition) is 0. The first kappa shape index (κ1) is 22.7. The van der Waals surface area contributed by atoms with Gasteiger partial charge in [0.2, 0.25) is 6.84 Å². The molecule has 6 heteroatoms. The van der Waals surface area contributed by atoms with E-state index in [2.05, 4.69) is 95.9 Å². The minimum atomic E-state index is -0.784. The van der Waals surface area contributed by atoms with Crippen molar-refractivity contribution >= 4 is 63.7 Å². The van der Waals surface area contributed by atoms with Crippen molar-refractivity contribution in [3.05, 3.63) is 85.0 Å². The molecule has 0 bridgehead atoms. The Morgan fingerprint density at radius 2 is 1.26 bits per heavy atom. The summed E-state index contributed by atoms with van der Waals surface area (Å²) in [5.41, 5.74) is 2.33. The average molecular weight is 624 g/mol. The van der Waals surface area contributed by atoms with Crippen molar-refractivity contribution in [3.63, 3.8) is 0 Å². The molecule has 0 aliphatic heterocycles. The SMILES string of the molecule is C=CC(Br)(Br)Oc1cccc(C(CC)c2cccc(OC(Br)(Br)C=C)c2)c1. The summed E-state index contributed by atoms with van der Waals surface area (Å²) in [6.45, 7) is 9.66. The van der Waals surface area contributed by atoms with Crippen LogP contribution in [0, 0.1) is 0 Å². The highest BCUT2D eigenvalue weighted by Gasteiger charge is 2.22. The summed E-state index contributed by atoms with van der Waals surface area (Å²) in [6, 6.07) is 16.1. The number of hydrogen-bond acceptors (Lipinski definition) is 2. The highest BCUT2D eigenvalue weighted by molar-refractivity contribution is 9.25. The first-order valence-corrected chi connectivity index (χ1v) is 11.5. The van der Waals surface area contributed by atoms with Gasteiger partial charge in [0, 0.05) is 5.92 Å². The van der Waals surface area contributed by atoms with Crippen molar-refractivity contribution in [2.24, 2.45) is 0 Å². The fourth-order valence-electron chi connectivity index (χ4n) is 2.65. The van der Waals surface area contributed by atoms with Gasteiger partial charge in [-0.1, -0.05) is 44.3 Å². The lowest BCUT2D eigenvalue weighted by molar-refractivity contribution is 0.315. The van der Waals surface area contributed by atoms with Gasteiger partial charge in [0.25, 0.3) is 0 Å². The molecule has 144 valence electrons. The van der Waals surface area contributed by atoms with Gasteiger partial charge in [-0.25, -0.2) is 0 Å². The van der Waals surface area contributed by atoms with Crippen LogP contribution in [0.4, 0.5) is 0 Å². The molecule has 0 atom stereocenters. The van der Waals surface area contributed by atoms with Gasteiger partial charge in [0.1, 0.15) is 11.5 Å². The van der Waals surface area contributed by atoms with E-state index >= 15 is 0 Å². The Kier molecular flexibility index (Phi) is 8.22. The molecule has 0 aromatic heterocycles. The highest BCUT2D eigenvalue weighted by atomic mass is 79.9. The molecule has 2 aromatic carbocycles. The minimum absolute atomic E-state index is 0.213. The van der Waals surface area contributed by atoms with Crippen molar-refractivity contribution in [1.82, 2.24) is 0 Å². The smallest absolute Gasteiger partial charge is 0.236 e. The van der Waals surface area contributed by atoms with Crippen LogP contribution >= 0.6 is 63.7 Å². The Balaban J connectivity index is 2.32. The van der Waals surface area contributed by atoms with Crippen LogP contribution in [0.15, 0.2) is 73.8 Å². The van der Waals surface area contributed by atoms with Crippen LogP contribution in [0.25, 0.3) is 0 Å². The lowest BCUT2D eigenvalue weighted by atomic mass is 9.89. The molecule has 0 heterocycles. The summed E-state index contributed by atoms with van der Waals surface area (Å²) in [5.74, 6) is 1.71. The molecule has 0 spiro atoms. The largest absolute Gasteiger partial charge is 0.463 e. The predicted octanol–water partition coefficient (Wildman–Crippen LogP) is 8.25.